The van der Waals surface area contributed by atoms with E-state index < -0.39 is 5.97 Å². The minimum Gasteiger partial charge on any atom is -0.478 e. The summed E-state index contributed by atoms with van der Waals surface area (Å²) in [5, 5.41) is 8.71. The van der Waals surface area contributed by atoms with Gasteiger partial charge in [-0.05, 0) is 12.5 Å². The summed E-state index contributed by atoms with van der Waals surface area (Å²) in [5.74, 6) is -1.17. The quantitative estimate of drug-likeness (QED) is 0.768. The van der Waals surface area contributed by atoms with Gasteiger partial charge < -0.3 is 5.11 Å². The second-order valence-electron chi connectivity index (χ2n) is 2.31. The van der Waals surface area contributed by atoms with Crippen molar-refractivity contribution in [3.63, 3.8) is 0 Å². The minimum atomic E-state index is -1.17. The Kier molecular flexibility index (Phi) is 3.01. The Morgan fingerprint density at radius 3 is 2.31 bits per heavy atom. The van der Waals surface area contributed by atoms with Crippen LogP contribution in [0.2, 0.25) is 15.3 Å². The molecule has 0 saturated carbocycles. The number of carbonyl (C=O) groups is 1. The van der Waals surface area contributed by atoms with E-state index in [4.69, 9.17) is 39.9 Å². The van der Waals surface area contributed by atoms with E-state index in [9.17, 15) is 4.79 Å². The zero-order valence-corrected chi connectivity index (χ0v) is 8.70. The molecule has 0 aliphatic carbocycles. The van der Waals surface area contributed by atoms with E-state index >= 15 is 0 Å². The summed E-state index contributed by atoms with van der Waals surface area (Å²) in [7, 11) is 0. The predicted octanol–water partition coefficient (Wildman–Crippen LogP) is 3.05. The molecule has 0 radical (unpaired) electrons. The average molecular weight is 240 g/mol. The molecule has 0 aromatic carbocycles. The van der Waals surface area contributed by atoms with Crippen LogP contribution in [0.25, 0.3) is 0 Å². The first-order valence-electron chi connectivity index (χ1n) is 3.19. The van der Waals surface area contributed by atoms with E-state index in [1.54, 1.807) is 0 Å². The number of halogens is 3. The van der Waals surface area contributed by atoms with Crippen molar-refractivity contribution in [3.05, 3.63) is 26.5 Å². The van der Waals surface area contributed by atoms with Crippen LogP contribution in [0.4, 0.5) is 0 Å². The maximum absolute atomic E-state index is 10.7. The van der Waals surface area contributed by atoms with Crippen molar-refractivity contribution in [3.8, 4) is 0 Å². The Hall–Kier alpha value is -0.510. The van der Waals surface area contributed by atoms with Crippen LogP contribution in [-0.2, 0) is 0 Å². The van der Waals surface area contributed by atoms with E-state index in [0.717, 1.165) is 0 Å². The molecule has 6 heteroatoms. The standard InChI is InChI=1S/C7H4Cl3NO2/c1-2-3(7(12)13)5(9)11-6(10)4(2)8/h1H3,(H,12,13). The molecule has 1 rings (SSSR count). The Morgan fingerprint density at radius 2 is 1.85 bits per heavy atom. The number of aromatic nitrogens is 1. The number of rotatable bonds is 1. The maximum atomic E-state index is 10.7. The molecular weight excluding hydrogens is 236 g/mol. The summed E-state index contributed by atoms with van der Waals surface area (Å²) < 4.78 is 0. The zero-order valence-electron chi connectivity index (χ0n) is 6.44. The van der Waals surface area contributed by atoms with Crippen molar-refractivity contribution in [2.45, 2.75) is 6.92 Å². The monoisotopic (exact) mass is 239 g/mol. The lowest BCUT2D eigenvalue weighted by Crippen LogP contribution is -2.03. The molecule has 0 fully saturated rings. The Balaban J connectivity index is 3.53. The smallest absolute Gasteiger partial charge is 0.339 e. The normalized spacial score (nSPS) is 10.2. The summed E-state index contributed by atoms with van der Waals surface area (Å²) in [6, 6.07) is 0. The van der Waals surface area contributed by atoms with Crippen molar-refractivity contribution < 1.29 is 9.90 Å². The van der Waals surface area contributed by atoms with Gasteiger partial charge in [0.1, 0.15) is 15.9 Å². The molecule has 70 valence electrons. The number of carboxylic acids is 1. The van der Waals surface area contributed by atoms with Gasteiger partial charge in [0, 0.05) is 0 Å². The third-order valence-corrected chi connectivity index (χ3v) is 2.61. The van der Waals surface area contributed by atoms with Crippen LogP contribution in [0.3, 0.4) is 0 Å². The van der Waals surface area contributed by atoms with Crippen LogP contribution in [-0.4, -0.2) is 16.1 Å². The van der Waals surface area contributed by atoms with E-state index in [2.05, 4.69) is 4.98 Å². The number of hydrogen-bond acceptors (Lipinski definition) is 2. The molecule has 0 amide bonds. The molecule has 0 aliphatic heterocycles. The molecule has 0 saturated heterocycles. The van der Waals surface area contributed by atoms with Gasteiger partial charge >= 0.3 is 5.97 Å². The van der Waals surface area contributed by atoms with Crippen LogP contribution in [0, 0.1) is 6.92 Å². The van der Waals surface area contributed by atoms with Crippen molar-refractivity contribution in [1.29, 1.82) is 0 Å². The summed E-state index contributed by atoms with van der Waals surface area (Å²) in [5.41, 5.74) is 0.204. The molecule has 0 spiro atoms. The number of pyridine rings is 1. The second-order valence-corrected chi connectivity index (χ2v) is 3.41. The number of aromatic carboxylic acids is 1. The highest BCUT2D eigenvalue weighted by atomic mass is 35.5. The SMILES string of the molecule is Cc1c(Cl)c(Cl)nc(Cl)c1C(=O)O. The predicted molar refractivity (Wildman–Crippen MR) is 51.0 cm³/mol. The lowest BCUT2D eigenvalue weighted by Gasteiger charge is -2.05. The molecular formula is C7H4Cl3NO2. The van der Waals surface area contributed by atoms with Crippen molar-refractivity contribution in [1.82, 2.24) is 4.98 Å². The molecule has 0 aliphatic rings. The highest BCUT2D eigenvalue weighted by Gasteiger charge is 2.18. The molecule has 0 unspecified atom stereocenters. The van der Waals surface area contributed by atoms with Crippen LogP contribution >= 0.6 is 34.8 Å². The third-order valence-electron chi connectivity index (χ3n) is 1.50. The molecule has 1 N–H and O–H groups in total. The molecule has 1 heterocycles. The molecule has 13 heavy (non-hydrogen) atoms. The molecule has 3 nitrogen and oxygen atoms in total. The number of carboxylic acid groups (broad SMARTS) is 1. The summed E-state index contributed by atoms with van der Waals surface area (Å²) >= 11 is 16.8. The van der Waals surface area contributed by atoms with Crippen LogP contribution in [0.1, 0.15) is 15.9 Å². The fourth-order valence-electron chi connectivity index (χ4n) is 0.859. The first-order valence-corrected chi connectivity index (χ1v) is 4.33. The summed E-state index contributed by atoms with van der Waals surface area (Å²) in [6.45, 7) is 1.52. The summed E-state index contributed by atoms with van der Waals surface area (Å²) in [4.78, 5) is 14.3. The third kappa shape index (κ3) is 1.88. The summed E-state index contributed by atoms with van der Waals surface area (Å²) in [6.07, 6.45) is 0. The maximum Gasteiger partial charge on any atom is 0.339 e. The van der Waals surface area contributed by atoms with E-state index in [1.807, 2.05) is 0 Å². The lowest BCUT2D eigenvalue weighted by molar-refractivity contribution is 0.0696. The first kappa shape index (κ1) is 10.6. The Labute approximate surface area is 89.2 Å². The van der Waals surface area contributed by atoms with Gasteiger partial charge in [0.05, 0.1) is 5.02 Å². The highest BCUT2D eigenvalue weighted by Crippen LogP contribution is 2.30. The van der Waals surface area contributed by atoms with Gasteiger partial charge in [-0.3, -0.25) is 0 Å². The van der Waals surface area contributed by atoms with Gasteiger partial charge in [-0.2, -0.15) is 0 Å². The molecule has 1 aromatic heterocycles. The van der Waals surface area contributed by atoms with Gasteiger partial charge in [0.25, 0.3) is 0 Å². The topological polar surface area (TPSA) is 50.2 Å². The highest BCUT2D eigenvalue weighted by molar-refractivity contribution is 6.43. The van der Waals surface area contributed by atoms with Crippen LogP contribution in [0.5, 0.6) is 0 Å². The molecule has 0 atom stereocenters. The van der Waals surface area contributed by atoms with Crippen molar-refractivity contribution >= 4 is 40.8 Å². The van der Waals surface area contributed by atoms with Gasteiger partial charge in [-0.25, -0.2) is 9.78 Å². The molecule has 1 aromatic rings. The van der Waals surface area contributed by atoms with Crippen LogP contribution < -0.4 is 0 Å². The van der Waals surface area contributed by atoms with E-state index in [1.165, 1.54) is 6.92 Å². The fourth-order valence-corrected chi connectivity index (χ4v) is 1.57. The van der Waals surface area contributed by atoms with Gasteiger partial charge in [-0.1, -0.05) is 34.8 Å². The first-order chi connectivity index (χ1) is 5.95. The van der Waals surface area contributed by atoms with Gasteiger partial charge in [0.15, 0.2) is 0 Å². The molecule has 0 bridgehead atoms. The Bertz CT molecular complexity index is 378. The van der Waals surface area contributed by atoms with Crippen LogP contribution in [0.15, 0.2) is 0 Å². The fraction of sp³-hybridized carbons (Fsp3) is 0.143. The largest absolute Gasteiger partial charge is 0.478 e. The number of hydrogen-bond donors (Lipinski definition) is 1. The minimum absolute atomic E-state index is 0.00849. The number of nitrogens with zero attached hydrogens (tertiary/aromatic N) is 1. The van der Waals surface area contributed by atoms with Gasteiger partial charge in [-0.15, -0.1) is 0 Å². The van der Waals surface area contributed by atoms with E-state index in [-0.39, 0.29) is 20.9 Å². The van der Waals surface area contributed by atoms with E-state index in [0.29, 0.717) is 5.56 Å². The Morgan fingerprint density at radius 1 is 1.31 bits per heavy atom. The van der Waals surface area contributed by atoms with Crippen molar-refractivity contribution in [2.24, 2.45) is 0 Å². The zero-order chi connectivity index (χ0) is 10.2. The lowest BCUT2D eigenvalue weighted by atomic mass is 10.2. The van der Waals surface area contributed by atoms with Gasteiger partial charge in [0.2, 0.25) is 0 Å². The second kappa shape index (κ2) is 3.70. The van der Waals surface area contributed by atoms with Crippen molar-refractivity contribution in [2.75, 3.05) is 0 Å². The average Bonchev–Trinajstić information content (AvgIpc) is 1.99.